The summed E-state index contributed by atoms with van der Waals surface area (Å²) in [5.41, 5.74) is 5.36. The maximum atomic E-state index is 11.5. The highest BCUT2D eigenvalue weighted by Crippen LogP contribution is 2.13. The van der Waals surface area contributed by atoms with E-state index in [-0.39, 0.29) is 17.3 Å². The number of H-pyrrole nitrogens is 1. The van der Waals surface area contributed by atoms with Gasteiger partial charge in [-0.3, -0.25) is 5.10 Å². The van der Waals surface area contributed by atoms with Gasteiger partial charge in [-0.15, -0.1) is 0 Å². The summed E-state index contributed by atoms with van der Waals surface area (Å²) in [4.78, 5) is -0.0637. The van der Waals surface area contributed by atoms with Crippen LogP contribution in [0.3, 0.4) is 0 Å². The summed E-state index contributed by atoms with van der Waals surface area (Å²) in [6.45, 7) is 3.60. The van der Waals surface area contributed by atoms with E-state index in [1.165, 1.54) is 0 Å². The Kier molecular flexibility index (Phi) is 3.29. The Morgan fingerprint density at radius 2 is 2.43 bits per heavy atom. The maximum Gasteiger partial charge on any atom is 0.246 e. The molecule has 0 unspecified atom stereocenters. The molecule has 1 rings (SSSR count). The molecular formula is C6H9BrN4O2S. The number of nitrogens with zero attached hydrogens (tertiary/aromatic N) is 1. The van der Waals surface area contributed by atoms with Crippen molar-refractivity contribution < 1.29 is 8.42 Å². The van der Waals surface area contributed by atoms with Crippen LogP contribution in [-0.2, 0) is 10.0 Å². The lowest BCUT2D eigenvalue weighted by Crippen LogP contribution is -2.25. The fraction of sp³-hybridized carbons (Fsp3) is 0.167. The SMILES string of the molecule is C=C(Br)CNS(=O)(=O)c1cn[nH]c1N. The van der Waals surface area contributed by atoms with Crippen molar-refractivity contribution in [3.05, 3.63) is 17.3 Å². The molecule has 0 aliphatic heterocycles. The highest BCUT2D eigenvalue weighted by Gasteiger charge is 2.18. The lowest BCUT2D eigenvalue weighted by molar-refractivity contribution is 0.586. The first-order valence-electron chi connectivity index (χ1n) is 3.55. The predicted molar refractivity (Wildman–Crippen MR) is 56.3 cm³/mol. The first-order valence-corrected chi connectivity index (χ1v) is 5.83. The van der Waals surface area contributed by atoms with Gasteiger partial charge in [-0.1, -0.05) is 22.5 Å². The minimum absolute atomic E-state index is 0.0117. The van der Waals surface area contributed by atoms with Gasteiger partial charge in [0.15, 0.2) is 0 Å². The zero-order valence-corrected chi connectivity index (χ0v) is 9.52. The molecule has 0 spiro atoms. The normalized spacial score (nSPS) is 11.5. The molecule has 0 saturated carbocycles. The van der Waals surface area contributed by atoms with Gasteiger partial charge in [0.05, 0.1) is 6.20 Å². The van der Waals surface area contributed by atoms with Crippen molar-refractivity contribution in [3.8, 4) is 0 Å². The molecule has 0 radical (unpaired) electrons. The lowest BCUT2D eigenvalue weighted by Gasteiger charge is -2.03. The summed E-state index contributed by atoms with van der Waals surface area (Å²) >= 11 is 3.03. The molecule has 0 saturated heterocycles. The summed E-state index contributed by atoms with van der Waals surface area (Å²) in [6.07, 6.45) is 1.15. The number of hydrogen-bond donors (Lipinski definition) is 3. The third-order valence-corrected chi connectivity index (χ3v) is 3.08. The van der Waals surface area contributed by atoms with Crippen LogP contribution in [0.4, 0.5) is 5.82 Å². The van der Waals surface area contributed by atoms with Crippen molar-refractivity contribution in [2.24, 2.45) is 0 Å². The Balaban J connectivity index is 2.87. The van der Waals surface area contributed by atoms with E-state index in [9.17, 15) is 8.42 Å². The van der Waals surface area contributed by atoms with Crippen molar-refractivity contribution in [1.82, 2.24) is 14.9 Å². The van der Waals surface area contributed by atoms with E-state index in [0.717, 1.165) is 6.20 Å². The quantitative estimate of drug-likeness (QED) is 0.732. The van der Waals surface area contributed by atoms with Crippen molar-refractivity contribution in [2.45, 2.75) is 4.90 Å². The van der Waals surface area contributed by atoms with E-state index >= 15 is 0 Å². The zero-order chi connectivity index (χ0) is 10.8. The van der Waals surface area contributed by atoms with E-state index in [1.807, 2.05) is 0 Å². The minimum atomic E-state index is -3.60. The molecule has 6 nitrogen and oxygen atoms in total. The Morgan fingerprint density at radius 1 is 1.79 bits per heavy atom. The number of nitrogens with one attached hydrogen (secondary N) is 2. The molecule has 0 amide bonds. The second-order valence-electron chi connectivity index (χ2n) is 2.49. The number of aromatic nitrogens is 2. The molecule has 1 aromatic rings. The summed E-state index contributed by atoms with van der Waals surface area (Å²) in [5.74, 6) is 0.0117. The topological polar surface area (TPSA) is 101 Å². The molecule has 0 fully saturated rings. The summed E-state index contributed by atoms with van der Waals surface area (Å²) in [6, 6.07) is 0. The smallest absolute Gasteiger partial charge is 0.246 e. The van der Waals surface area contributed by atoms with Crippen LogP contribution in [0.5, 0.6) is 0 Å². The van der Waals surface area contributed by atoms with Crippen LogP contribution >= 0.6 is 15.9 Å². The van der Waals surface area contributed by atoms with Gasteiger partial charge in [0.2, 0.25) is 10.0 Å². The molecule has 0 aliphatic carbocycles. The number of hydrogen-bond acceptors (Lipinski definition) is 4. The van der Waals surface area contributed by atoms with Crippen LogP contribution in [0.1, 0.15) is 0 Å². The number of nitrogens with two attached hydrogens (primary N) is 1. The number of nitrogen functional groups attached to an aromatic ring is 1. The monoisotopic (exact) mass is 280 g/mol. The van der Waals surface area contributed by atoms with Crippen molar-refractivity contribution in [1.29, 1.82) is 0 Å². The molecule has 4 N–H and O–H groups in total. The van der Waals surface area contributed by atoms with Crippen molar-refractivity contribution in [3.63, 3.8) is 0 Å². The fourth-order valence-electron chi connectivity index (χ4n) is 0.750. The third kappa shape index (κ3) is 2.56. The van der Waals surface area contributed by atoms with Gasteiger partial charge in [0.1, 0.15) is 10.7 Å². The Morgan fingerprint density at radius 3 is 2.86 bits per heavy atom. The summed E-state index contributed by atoms with van der Waals surface area (Å²) in [7, 11) is -3.60. The van der Waals surface area contributed by atoms with Gasteiger partial charge in [0.25, 0.3) is 0 Å². The zero-order valence-electron chi connectivity index (χ0n) is 7.12. The Hall–Kier alpha value is -0.860. The van der Waals surface area contributed by atoms with Crippen LogP contribution in [0, 0.1) is 0 Å². The highest BCUT2D eigenvalue weighted by atomic mass is 79.9. The van der Waals surface area contributed by atoms with Crippen LogP contribution in [0.15, 0.2) is 22.2 Å². The number of aromatic amines is 1. The molecule has 1 heterocycles. The molecule has 0 atom stereocenters. The van der Waals surface area contributed by atoms with Gasteiger partial charge in [-0.05, 0) is 0 Å². The van der Waals surface area contributed by atoms with Gasteiger partial charge >= 0.3 is 0 Å². The molecule has 78 valence electrons. The van der Waals surface area contributed by atoms with Gasteiger partial charge < -0.3 is 5.73 Å². The van der Waals surface area contributed by atoms with Crippen LogP contribution < -0.4 is 10.5 Å². The van der Waals surface area contributed by atoms with Crippen molar-refractivity contribution in [2.75, 3.05) is 12.3 Å². The first kappa shape index (κ1) is 11.2. The highest BCUT2D eigenvalue weighted by molar-refractivity contribution is 9.11. The predicted octanol–water partition coefficient (Wildman–Crippen LogP) is 0.179. The lowest BCUT2D eigenvalue weighted by atomic mass is 10.7. The van der Waals surface area contributed by atoms with Gasteiger partial charge in [-0.25, -0.2) is 13.1 Å². The largest absolute Gasteiger partial charge is 0.383 e. The molecule has 0 aromatic carbocycles. The average molecular weight is 281 g/mol. The second kappa shape index (κ2) is 4.11. The molecule has 0 bridgehead atoms. The van der Waals surface area contributed by atoms with Crippen LogP contribution in [0.2, 0.25) is 0 Å². The van der Waals surface area contributed by atoms with Gasteiger partial charge in [-0.2, -0.15) is 5.10 Å². The van der Waals surface area contributed by atoms with E-state index in [1.54, 1.807) is 0 Å². The number of anilines is 1. The molecule has 8 heteroatoms. The Labute approximate surface area is 89.8 Å². The van der Waals surface area contributed by atoms with Gasteiger partial charge in [0, 0.05) is 11.0 Å². The molecule has 1 aromatic heterocycles. The van der Waals surface area contributed by atoms with E-state index < -0.39 is 10.0 Å². The summed E-state index contributed by atoms with van der Waals surface area (Å²) in [5, 5.41) is 5.85. The van der Waals surface area contributed by atoms with E-state index in [0.29, 0.717) is 4.48 Å². The number of sulfonamides is 1. The fourth-order valence-corrected chi connectivity index (χ4v) is 2.12. The summed E-state index contributed by atoms with van der Waals surface area (Å²) < 4.78 is 25.8. The number of halogens is 1. The first-order chi connectivity index (χ1) is 6.43. The van der Waals surface area contributed by atoms with Crippen LogP contribution in [-0.4, -0.2) is 25.2 Å². The third-order valence-electron chi connectivity index (χ3n) is 1.38. The van der Waals surface area contributed by atoms with E-state index in [4.69, 9.17) is 5.73 Å². The average Bonchev–Trinajstić information content (AvgIpc) is 2.48. The standard InChI is InChI=1S/C6H9BrN4O2S/c1-4(7)2-10-14(12,13)5-3-9-11-6(5)8/h3,10H,1-2H2,(H3,8,9,11). The van der Waals surface area contributed by atoms with Crippen LogP contribution in [0.25, 0.3) is 0 Å². The second-order valence-corrected chi connectivity index (χ2v) is 5.35. The van der Waals surface area contributed by atoms with E-state index in [2.05, 4.69) is 37.4 Å². The van der Waals surface area contributed by atoms with Crippen molar-refractivity contribution >= 4 is 31.8 Å². The molecule has 0 aliphatic rings. The minimum Gasteiger partial charge on any atom is -0.383 e. The maximum absolute atomic E-state index is 11.5. The molecule has 14 heavy (non-hydrogen) atoms. The Bertz CT molecular complexity index is 438. The number of rotatable bonds is 4. The molecular weight excluding hydrogens is 272 g/mol.